The molecule has 0 aliphatic carbocycles. The third-order valence-electron chi connectivity index (χ3n) is 3.62. The van der Waals surface area contributed by atoms with Gasteiger partial charge in [0.15, 0.2) is 0 Å². The molecule has 2 rings (SSSR count). The van der Waals surface area contributed by atoms with Gasteiger partial charge in [-0.2, -0.15) is 0 Å². The van der Waals surface area contributed by atoms with Crippen LogP contribution in [0, 0.1) is 6.92 Å². The maximum absolute atomic E-state index is 12.0. The normalized spacial score (nSPS) is 11.7. The van der Waals surface area contributed by atoms with Crippen molar-refractivity contribution in [3.05, 3.63) is 47.8 Å². The molecule has 23 heavy (non-hydrogen) atoms. The van der Waals surface area contributed by atoms with Gasteiger partial charge in [0.2, 0.25) is 0 Å². The van der Waals surface area contributed by atoms with Gasteiger partial charge in [-0.25, -0.2) is 4.98 Å². The molecule has 0 spiro atoms. The van der Waals surface area contributed by atoms with E-state index in [2.05, 4.69) is 15.6 Å². The number of carbonyl (C=O) groups is 1. The number of methoxy groups -OCH3 is 1. The Kier molecular flexibility index (Phi) is 5.57. The minimum absolute atomic E-state index is 0.138. The molecule has 2 aromatic rings. The third kappa shape index (κ3) is 4.45. The van der Waals surface area contributed by atoms with Crippen LogP contribution >= 0.6 is 0 Å². The van der Waals surface area contributed by atoms with Gasteiger partial charge in [-0.15, -0.1) is 0 Å². The SMILES string of the molecule is CCC(C)NC(=O)c1ccc(Nc2cc(C)ccc2OC)cn1. The maximum Gasteiger partial charge on any atom is 0.270 e. The molecular formula is C18H23N3O2. The van der Waals surface area contributed by atoms with E-state index in [1.54, 1.807) is 19.4 Å². The number of hydrogen-bond donors (Lipinski definition) is 2. The van der Waals surface area contributed by atoms with Gasteiger partial charge in [-0.3, -0.25) is 4.79 Å². The molecule has 0 aliphatic heterocycles. The molecule has 1 aromatic carbocycles. The van der Waals surface area contributed by atoms with Crippen molar-refractivity contribution in [2.75, 3.05) is 12.4 Å². The number of nitrogens with zero attached hydrogens (tertiary/aromatic N) is 1. The van der Waals surface area contributed by atoms with Crippen LogP contribution in [0.5, 0.6) is 5.75 Å². The molecule has 0 saturated carbocycles. The van der Waals surface area contributed by atoms with E-state index in [4.69, 9.17) is 4.74 Å². The van der Waals surface area contributed by atoms with Crippen LogP contribution in [0.2, 0.25) is 0 Å². The summed E-state index contributed by atoms with van der Waals surface area (Å²) in [5, 5.41) is 6.16. The van der Waals surface area contributed by atoms with Crippen molar-refractivity contribution < 1.29 is 9.53 Å². The monoisotopic (exact) mass is 313 g/mol. The Labute approximate surface area is 137 Å². The first-order valence-corrected chi connectivity index (χ1v) is 7.72. The number of aryl methyl sites for hydroxylation is 1. The highest BCUT2D eigenvalue weighted by atomic mass is 16.5. The summed E-state index contributed by atoms with van der Waals surface area (Å²) in [6, 6.07) is 9.59. The van der Waals surface area contributed by atoms with Crippen molar-refractivity contribution in [3.8, 4) is 5.75 Å². The number of carbonyl (C=O) groups excluding carboxylic acids is 1. The predicted octanol–water partition coefficient (Wildman–Crippen LogP) is 3.67. The standard InChI is InChI=1S/C18H23N3O2/c1-5-13(3)20-18(22)15-8-7-14(11-19-15)21-16-10-12(2)6-9-17(16)23-4/h6-11,13,21H,5H2,1-4H3,(H,20,22). The zero-order valence-corrected chi connectivity index (χ0v) is 14.0. The van der Waals surface area contributed by atoms with E-state index in [1.807, 2.05) is 45.0 Å². The van der Waals surface area contributed by atoms with Crippen LogP contribution in [0.3, 0.4) is 0 Å². The molecule has 0 radical (unpaired) electrons. The van der Waals surface area contributed by atoms with Crippen LogP contribution in [-0.4, -0.2) is 24.0 Å². The van der Waals surface area contributed by atoms with Crippen LogP contribution in [0.15, 0.2) is 36.5 Å². The number of anilines is 2. The molecule has 122 valence electrons. The number of rotatable bonds is 6. The lowest BCUT2D eigenvalue weighted by atomic mass is 10.2. The zero-order valence-electron chi connectivity index (χ0n) is 14.0. The molecule has 0 saturated heterocycles. The van der Waals surface area contributed by atoms with Crippen LogP contribution in [0.4, 0.5) is 11.4 Å². The minimum Gasteiger partial charge on any atom is -0.495 e. The molecule has 1 heterocycles. The maximum atomic E-state index is 12.0. The summed E-state index contributed by atoms with van der Waals surface area (Å²) in [6.07, 6.45) is 2.53. The van der Waals surface area contributed by atoms with E-state index >= 15 is 0 Å². The molecule has 2 N–H and O–H groups in total. The molecule has 0 bridgehead atoms. The first-order valence-electron chi connectivity index (χ1n) is 7.72. The van der Waals surface area contributed by atoms with Gasteiger partial charge in [0.25, 0.3) is 5.91 Å². The van der Waals surface area contributed by atoms with E-state index in [9.17, 15) is 4.79 Å². The lowest BCUT2D eigenvalue weighted by molar-refractivity contribution is 0.0934. The van der Waals surface area contributed by atoms with Gasteiger partial charge in [0, 0.05) is 6.04 Å². The lowest BCUT2D eigenvalue weighted by Gasteiger charge is -2.13. The van der Waals surface area contributed by atoms with Crippen molar-refractivity contribution in [1.29, 1.82) is 0 Å². The van der Waals surface area contributed by atoms with E-state index in [1.165, 1.54) is 0 Å². The Morgan fingerprint density at radius 1 is 1.30 bits per heavy atom. The molecule has 1 unspecified atom stereocenters. The number of nitrogens with one attached hydrogen (secondary N) is 2. The third-order valence-corrected chi connectivity index (χ3v) is 3.62. The molecule has 5 heteroatoms. The fourth-order valence-electron chi connectivity index (χ4n) is 2.08. The Hall–Kier alpha value is -2.56. The van der Waals surface area contributed by atoms with Crippen molar-refractivity contribution >= 4 is 17.3 Å². The second-order valence-electron chi connectivity index (χ2n) is 5.54. The summed E-state index contributed by atoms with van der Waals surface area (Å²) in [7, 11) is 1.64. The lowest BCUT2D eigenvalue weighted by Crippen LogP contribution is -2.32. The Morgan fingerprint density at radius 2 is 2.09 bits per heavy atom. The predicted molar refractivity (Wildman–Crippen MR) is 92.5 cm³/mol. The van der Waals surface area contributed by atoms with Gasteiger partial charge in [-0.1, -0.05) is 13.0 Å². The van der Waals surface area contributed by atoms with Gasteiger partial charge >= 0.3 is 0 Å². The first-order chi connectivity index (χ1) is 11.0. The molecule has 0 fully saturated rings. The van der Waals surface area contributed by atoms with Crippen LogP contribution in [0.25, 0.3) is 0 Å². The Morgan fingerprint density at radius 3 is 2.70 bits per heavy atom. The van der Waals surface area contributed by atoms with Crippen molar-refractivity contribution in [2.24, 2.45) is 0 Å². The van der Waals surface area contributed by atoms with Crippen LogP contribution < -0.4 is 15.4 Å². The summed E-state index contributed by atoms with van der Waals surface area (Å²) in [5.74, 6) is 0.605. The number of aromatic nitrogens is 1. The van der Waals surface area contributed by atoms with E-state index in [-0.39, 0.29) is 11.9 Å². The second kappa shape index (κ2) is 7.63. The average molecular weight is 313 g/mol. The Bertz CT molecular complexity index is 668. The molecule has 1 aromatic heterocycles. The molecule has 0 aliphatic rings. The van der Waals surface area contributed by atoms with Gasteiger partial charge < -0.3 is 15.4 Å². The molecule has 1 amide bonds. The van der Waals surface area contributed by atoms with Crippen LogP contribution in [-0.2, 0) is 0 Å². The molecular weight excluding hydrogens is 290 g/mol. The van der Waals surface area contributed by atoms with E-state index in [0.29, 0.717) is 5.69 Å². The van der Waals surface area contributed by atoms with Crippen molar-refractivity contribution in [2.45, 2.75) is 33.2 Å². The largest absolute Gasteiger partial charge is 0.495 e. The summed E-state index contributed by atoms with van der Waals surface area (Å²) in [4.78, 5) is 16.2. The number of hydrogen-bond acceptors (Lipinski definition) is 4. The minimum atomic E-state index is -0.154. The summed E-state index contributed by atoms with van der Waals surface area (Å²) in [6.45, 7) is 6.02. The molecule has 1 atom stereocenters. The topological polar surface area (TPSA) is 63.2 Å². The van der Waals surface area contributed by atoms with Crippen LogP contribution in [0.1, 0.15) is 36.3 Å². The number of pyridine rings is 1. The molecule has 5 nitrogen and oxygen atoms in total. The fourth-order valence-corrected chi connectivity index (χ4v) is 2.08. The highest BCUT2D eigenvalue weighted by Crippen LogP contribution is 2.28. The Balaban J connectivity index is 2.11. The number of amides is 1. The van der Waals surface area contributed by atoms with Gasteiger partial charge in [0.05, 0.1) is 24.7 Å². The number of ether oxygens (including phenoxy) is 1. The zero-order chi connectivity index (χ0) is 16.8. The summed E-state index contributed by atoms with van der Waals surface area (Å²) in [5.41, 5.74) is 3.21. The number of benzene rings is 1. The van der Waals surface area contributed by atoms with Gasteiger partial charge in [0.1, 0.15) is 11.4 Å². The quantitative estimate of drug-likeness (QED) is 0.854. The fraction of sp³-hybridized carbons (Fsp3) is 0.333. The van der Waals surface area contributed by atoms with Gasteiger partial charge in [-0.05, 0) is 50.1 Å². The second-order valence-corrected chi connectivity index (χ2v) is 5.54. The van der Waals surface area contributed by atoms with Crippen molar-refractivity contribution in [1.82, 2.24) is 10.3 Å². The van der Waals surface area contributed by atoms with Crippen molar-refractivity contribution in [3.63, 3.8) is 0 Å². The average Bonchev–Trinajstić information content (AvgIpc) is 2.55. The summed E-state index contributed by atoms with van der Waals surface area (Å²) < 4.78 is 5.34. The van der Waals surface area contributed by atoms with E-state index < -0.39 is 0 Å². The highest BCUT2D eigenvalue weighted by molar-refractivity contribution is 5.92. The highest BCUT2D eigenvalue weighted by Gasteiger charge is 2.10. The smallest absolute Gasteiger partial charge is 0.270 e. The van der Waals surface area contributed by atoms with E-state index in [0.717, 1.165) is 29.1 Å². The first kappa shape index (κ1) is 16.8. The summed E-state index contributed by atoms with van der Waals surface area (Å²) >= 11 is 0.